The SMILES string of the molecule is CC(C)[C@H](C(=O)O)N1C[C@H](CN2CCC(n3cnc(Cc4ccccc4)c3)CC2)[C@@H](c2cccc(F)c2)C1. The largest absolute Gasteiger partial charge is 0.480 e. The molecule has 2 aliphatic heterocycles. The van der Waals surface area contributed by atoms with E-state index < -0.39 is 12.0 Å². The molecule has 0 spiro atoms. The van der Waals surface area contributed by atoms with Crippen LogP contribution in [0.2, 0.25) is 0 Å². The predicted octanol–water partition coefficient (Wildman–Crippen LogP) is 5.07. The third-order valence-electron chi connectivity index (χ3n) is 8.38. The summed E-state index contributed by atoms with van der Waals surface area (Å²) in [5.74, 6) is -0.604. The second kappa shape index (κ2) is 11.8. The highest BCUT2D eigenvalue weighted by atomic mass is 19.1. The van der Waals surface area contributed by atoms with Gasteiger partial charge in [-0.25, -0.2) is 9.37 Å². The molecule has 1 aromatic heterocycles. The van der Waals surface area contributed by atoms with Crippen LogP contribution in [0.4, 0.5) is 4.39 Å². The molecular formula is C31H39FN4O2. The van der Waals surface area contributed by atoms with Gasteiger partial charge in [0.25, 0.3) is 0 Å². The Bertz CT molecular complexity index is 1210. The fourth-order valence-electron chi connectivity index (χ4n) is 6.50. The number of aliphatic carboxylic acids is 1. The molecule has 6 nitrogen and oxygen atoms in total. The number of hydrogen-bond donors (Lipinski definition) is 1. The third-order valence-corrected chi connectivity index (χ3v) is 8.38. The van der Waals surface area contributed by atoms with E-state index in [-0.39, 0.29) is 23.6 Å². The van der Waals surface area contributed by atoms with Crippen LogP contribution in [0.5, 0.6) is 0 Å². The van der Waals surface area contributed by atoms with Gasteiger partial charge in [0.15, 0.2) is 0 Å². The molecule has 2 saturated heterocycles. The first kappa shape index (κ1) is 26.6. The van der Waals surface area contributed by atoms with Gasteiger partial charge in [-0.05, 0) is 47.9 Å². The van der Waals surface area contributed by atoms with Gasteiger partial charge in [0, 0.05) is 57.3 Å². The van der Waals surface area contributed by atoms with Gasteiger partial charge >= 0.3 is 5.97 Å². The van der Waals surface area contributed by atoms with Crippen molar-refractivity contribution in [1.82, 2.24) is 19.4 Å². The number of aromatic nitrogens is 2. The number of benzene rings is 2. The zero-order chi connectivity index (χ0) is 26.6. The van der Waals surface area contributed by atoms with Gasteiger partial charge in [0.2, 0.25) is 0 Å². The van der Waals surface area contributed by atoms with E-state index in [0.717, 1.165) is 56.7 Å². The zero-order valence-electron chi connectivity index (χ0n) is 22.4. The van der Waals surface area contributed by atoms with Crippen LogP contribution in [0.15, 0.2) is 67.1 Å². The Balaban J connectivity index is 1.22. The topological polar surface area (TPSA) is 61.6 Å². The van der Waals surface area contributed by atoms with Crippen molar-refractivity contribution in [2.45, 2.75) is 51.1 Å². The molecule has 202 valence electrons. The number of carboxylic acids is 1. The minimum Gasteiger partial charge on any atom is -0.480 e. The summed E-state index contributed by atoms with van der Waals surface area (Å²) in [6.07, 6.45) is 7.14. The first-order valence-corrected chi connectivity index (χ1v) is 13.9. The minimum absolute atomic E-state index is 0.0112. The highest BCUT2D eigenvalue weighted by molar-refractivity contribution is 5.73. The van der Waals surface area contributed by atoms with E-state index >= 15 is 0 Å². The summed E-state index contributed by atoms with van der Waals surface area (Å²) < 4.78 is 16.4. The molecule has 2 aliphatic rings. The molecular weight excluding hydrogens is 479 g/mol. The Morgan fingerprint density at radius 3 is 2.53 bits per heavy atom. The summed E-state index contributed by atoms with van der Waals surface area (Å²) in [6, 6.07) is 17.2. The van der Waals surface area contributed by atoms with Crippen molar-refractivity contribution in [3.63, 3.8) is 0 Å². The number of carboxylic acid groups (broad SMARTS) is 1. The van der Waals surface area contributed by atoms with Crippen molar-refractivity contribution in [3.05, 3.63) is 89.8 Å². The Kier molecular flexibility index (Phi) is 8.24. The van der Waals surface area contributed by atoms with Crippen molar-refractivity contribution >= 4 is 5.97 Å². The Labute approximate surface area is 225 Å². The van der Waals surface area contributed by atoms with Crippen molar-refractivity contribution < 1.29 is 14.3 Å². The first-order chi connectivity index (χ1) is 18.4. The van der Waals surface area contributed by atoms with E-state index in [1.54, 1.807) is 12.1 Å². The van der Waals surface area contributed by atoms with Crippen LogP contribution in [0.25, 0.3) is 0 Å². The maximum Gasteiger partial charge on any atom is 0.321 e. The van der Waals surface area contributed by atoms with Gasteiger partial charge in [0.1, 0.15) is 11.9 Å². The molecule has 5 rings (SSSR count). The van der Waals surface area contributed by atoms with Crippen LogP contribution >= 0.6 is 0 Å². The van der Waals surface area contributed by atoms with Crippen LogP contribution in [0.1, 0.15) is 55.5 Å². The molecule has 0 bridgehead atoms. The molecule has 2 aromatic carbocycles. The molecule has 3 atom stereocenters. The molecule has 2 fully saturated rings. The van der Waals surface area contributed by atoms with E-state index in [1.807, 2.05) is 32.3 Å². The van der Waals surface area contributed by atoms with Crippen molar-refractivity contribution in [2.24, 2.45) is 11.8 Å². The lowest BCUT2D eigenvalue weighted by Gasteiger charge is -2.35. The van der Waals surface area contributed by atoms with Crippen LogP contribution in [-0.4, -0.2) is 69.2 Å². The van der Waals surface area contributed by atoms with Crippen molar-refractivity contribution in [3.8, 4) is 0 Å². The molecule has 0 aliphatic carbocycles. The van der Waals surface area contributed by atoms with E-state index in [1.165, 1.54) is 11.6 Å². The number of carbonyl (C=O) groups is 1. The fraction of sp³-hybridized carbons (Fsp3) is 0.484. The zero-order valence-corrected chi connectivity index (χ0v) is 22.4. The van der Waals surface area contributed by atoms with Crippen LogP contribution in [0.3, 0.4) is 0 Å². The molecule has 1 N–H and O–H groups in total. The quantitative estimate of drug-likeness (QED) is 0.428. The average molecular weight is 519 g/mol. The normalized spacial score (nSPS) is 22.2. The molecule has 0 amide bonds. The summed E-state index contributed by atoms with van der Waals surface area (Å²) >= 11 is 0. The van der Waals surface area contributed by atoms with E-state index in [4.69, 9.17) is 0 Å². The summed E-state index contributed by atoms with van der Waals surface area (Å²) in [5.41, 5.74) is 3.35. The van der Waals surface area contributed by atoms with Gasteiger partial charge < -0.3 is 14.6 Å². The summed E-state index contributed by atoms with van der Waals surface area (Å²) in [4.78, 5) is 21.4. The standard InChI is InChI=1S/C31H39FN4O2/c1-22(2)30(31(37)38)35-18-25(29(20-35)24-9-6-10-26(32)16-24)17-34-13-11-28(12-14-34)36-19-27(33-21-36)15-23-7-4-3-5-8-23/h3-10,16,19,21-22,25,28-30H,11-15,17-18,20H2,1-2H3,(H,37,38)/t25-,29+,30+/m0/s1. The van der Waals surface area contributed by atoms with Crippen molar-refractivity contribution in [1.29, 1.82) is 0 Å². The minimum atomic E-state index is -0.772. The third kappa shape index (κ3) is 6.16. The lowest BCUT2D eigenvalue weighted by atomic mass is 9.88. The number of nitrogens with zero attached hydrogens (tertiary/aromatic N) is 4. The van der Waals surface area contributed by atoms with E-state index in [0.29, 0.717) is 12.6 Å². The monoisotopic (exact) mass is 518 g/mol. The lowest BCUT2D eigenvalue weighted by molar-refractivity contribution is -0.144. The van der Waals surface area contributed by atoms with Crippen LogP contribution in [-0.2, 0) is 11.2 Å². The number of likely N-dealkylation sites (tertiary alicyclic amines) is 2. The number of imidazole rings is 1. The molecule has 0 unspecified atom stereocenters. The van der Waals surface area contributed by atoms with Gasteiger partial charge in [-0.15, -0.1) is 0 Å². The lowest BCUT2D eigenvalue weighted by Crippen LogP contribution is -2.44. The molecule has 38 heavy (non-hydrogen) atoms. The second-order valence-electron chi connectivity index (χ2n) is 11.4. The molecule has 0 radical (unpaired) electrons. The van der Waals surface area contributed by atoms with Crippen LogP contribution in [0, 0.1) is 17.7 Å². The number of rotatable bonds is 9. The maximum atomic E-state index is 14.1. The number of piperidine rings is 1. The van der Waals surface area contributed by atoms with Crippen molar-refractivity contribution in [2.75, 3.05) is 32.7 Å². The highest BCUT2D eigenvalue weighted by Gasteiger charge is 2.41. The number of hydrogen-bond acceptors (Lipinski definition) is 4. The van der Waals surface area contributed by atoms with Gasteiger partial charge in [-0.3, -0.25) is 9.69 Å². The first-order valence-electron chi connectivity index (χ1n) is 13.9. The molecule has 7 heteroatoms. The summed E-state index contributed by atoms with van der Waals surface area (Å²) in [6.45, 7) is 8.20. The van der Waals surface area contributed by atoms with Gasteiger partial charge in [-0.1, -0.05) is 56.3 Å². The molecule has 3 heterocycles. The fourth-order valence-corrected chi connectivity index (χ4v) is 6.50. The average Bonchev–Trinajstić information content (AvgIpc) is 3.52. The smallest absolute Gasteiger partial charge is 0.321 e. The molecule has 0 saturated carbocycles. The molecule has 3 aromatic rings. The van der Waals surface area contributed by atoms with E-state index in [2.05, 4.69) is 49.8 Å². The highest BCUT2D eigenvalue weighted by Crippen LogP contribution is 2.36. The van der Waals surface area contributed by atoms with Gasteiger partial charge in [0.05, 0.1) is 12.0 Å². The number of halogens is 1. The Morgan fingerprint density at radius 1 is 1.08 bits per heavy atom. The maximum absolute atomic E-state index is 14.1. The Hall–Kier alpha value is -3.03. The van der Waals surface area contributed by atoms with Gasteiger partial charge in [-0.2, -0.15) is 0 Å². The van der Waals surface area contributed by atoms with Crippen LogP contribution < -0.4 is 0 Å². The second-order valence-corrected chi connectivity index (χ2v) is 11.4. The summed E-state index contributed by atoms with van der Waals surface area (Å²) in [7, 11) is 0. The summed E-state index contributed by atoms with van der Waals surface area (Å²) in [5, 5.41) is 9.91. The predicted molar refractivity (Wildman–Crippen MR) is 147 cm³/mol. The van der Waals surface area contributed by atoms with E-state index in [9.17, 15) is 14.3 Å². The Morgan fingerprint density at radius 2 is 1.84 bits per heavy atom.